The predicted octanol–water partition coefficient (Wildman–Crippen LogP) is 8.70. The van der Waals surface area contributed by atoms with Crippen molar-refractivity contribution in [1.82, 2.24) is 0 Å². The fourth-order valence-electron chi connectivity index (χ4n) is 5.63. The zero-order valence-corrected chi connectivity index (χ0v) is 21.3. The Morgan fingerprint density at radius 1 is 0.486 bits per heavy atom. The van der Waals surface area contributed by atoms with Gasteiger partial charge in [-0.1, -0.05) is 125 Å². The second kappa shape index (κ2) is 10.00. The standard InChI is InChI=1S/C33H36N2/c1-24(2)28-19-11-13-21-30(28)34-23-35(31-22-14-12-20-29(31)25(3)4)33(27-17-9-6-10-18-27)32(34)26-15-7-5-8-16-26/h5-22,24-25,32-33H,23H2,1-4H3/t32-,33-/m0/s1. The van der Waals surface area contributed by atoms with Gasteiger partial charge in [-0.3, -0.25) is 0 Å². The number of hydrogen-bond donors (Lipinski definition) is 0. The number of para-hydroxylation sites is 2. The normalized spacial score (nSPS) is 18.0. The van der Waals surface area contributed by atoms with Crippen molar-refractivity contribution in [3.05, 3.63) is 131 Å². The highest BCUT2D eigenvalue weighted by Gasteiger charge is 2.43. The van der Waals surface area contributed by atoms with Gasteiger partial charge in [-0.25, -0.2) is 0 Å². The van der Waals surface area contributed by atoms with Crippen molar-refractivity contribution in [1.29, 1.82) is 0 Å². The maximum Gasteiger partial charge on any atom is 0.0917 e. The topological polar surface area (TPSA) is 6.48 Å². The Balaban J connectivity index is 1.75. The van der Waals surface area contributed by atoms with E-state index in [0.717, 1.165) is 6.67 Å². The van der Waals surface area contributed by atoms with E-state index in [4.69, 9.17) is 0 Å². The van der Waals surface area contributed by atoms with E-state index >= 15 is 0 Å². The third kappa shape index (κ3) is 4.46. The molecule has 4 aromatic carbocycles. The highest BCUT2D eigenvalue weighted by molar-refractivity contribution is 5.66. The lowest BCUT2D eigenvalue weighted by molar-refractivity contribution is 0.614. The second-order valence-electron chi connectivity index (χ2n) is 10.2. The van der Waals surface area contributed by atoms with Gasteiger partial charge >= 0.3 is 0 Å². The summed E-state index contributed by atoms with van der Waals surface area (Å²) in [6, 6.07) is 40.4. The maximum atomic E-state index is 2.64. The first-order chi connectivity index (χ1) is 17.1. The Hall–Kier alpha value is -3.52. The lowest BCUT2D eigenvalue weighted by atomic mass is 9.91. The van der Waals surface area contributed by atoms with Crippen molar-refractivity contribution < 1.29 is 0 Å². The summed E-state index contributed by atoms with van der Waals surface area (Å²) in [5.74, 6) is 0.907. The minimum absolute atomic E-state index is 0.193. The summed E-state index contributed by atoms with van der Waals surface area (Å²) in [5.41, 5.74) is 8.18. The zero-order valence-electron chi connectivity index (χ0n) is 21.3. The van der Waals surface area contributed by atoms with Crippen molar-refractivity contribution in [2.75, 3.05) is 16.5 Å². The van der Waals surface area contributed by atoms with Gasteiger partial charge in [0.25, 0.3) is 0 Å². The predicted molar refractivity (Wildman–Crippen MR) is 149 cm³/mol. The lowest BCUT2D eigenvalue weighted by Crippen LogP contribution is -2.28. The first kappa shape index (κ1) is 23.2. The average molecular weight is 461 g/mol. The van der Waals surface area contributed by atoms with Crippen molar-refractivity contribution in [3.8, 4) is 0 Å². The molecule has 178 valence electrons. The number of hydrogen-bond acceptors (Lipinski definition) is 2. The van der Waals surface area contributed by atoms with Crippen LogP contribution in [0.1, 0.15) is 73.9 Å². The van der Waals surface area contributed by atoms with E-state index in [2.05, 4.69) is 147 Å². The molecule has 35 heavy (non-hydrogen) atoms. The molecule has 0 aliphatic carbocycles. The van der Waals surface area contributed by atoms with Crippen LogP contribution in [-0.4, -0.2) is 6.67 Å². The number of rotatable bonds is 6. The molecule has 1 aliphatic rings. The van der Waals surface area contributed by atoms with Gasteiger partial charge in [-0.15, -0.1) is 0 Å². The molecule has 2 nitrogen and oxygen atoms in total. The third-order valence-corrected chi connectivity index (χ3v) is 7.29. The molecule has 1 heterocycles. The first-order valence-electron chi connectivity index (χ1n) is 12.9. The molecule has 5 rings (SSSR count). The molecule has 1 fully saturated rings. The van der Waals surface area contributed by atoms with Gasteiger partial charge in [0.2, 0.25) is 0 Å². The van der Waals surface area contributed by atoms with Gasteiger partial charge in [0.1, 0.15) is 0 Å². The summed E-state index contributed by atoms with van der Waals surface area (Å²) in [7, 11) is 0. The van der Waals surface area contributed by atoms with E-state index in [9.17, 15) is 0 Å². The molecule has 2 atom stereocenters. The van der Waals surface area contributed by atoms with Gasteiger partial charge in [0, 0.05) is 11.4 Å². The quantitative estimate of drug-likeness (QED) is 0.284. The second-order valence-corrected chi connectivity index (χ2v) is 10.2. The molecule has 1 aliphatic heterocycles. The zero-order chi connectivity index (χ0) is 24.4. The molecule has 0 amide bonds. The van der Waals surface area contributed by atoms with Crippen LogP contribution < -0.4 is 9.80 Å². The summed E-state index contributed by atoms with van der Waals surface area (Å²) >= 11 is 0. The number of benzene rings is 4. The third-order valence-electron chi connectivity index (χ3n) is 7.29. The fraction of sp³-hybridized carbons (Fsp3) is 0.273. The molecule has 4 aromatic rings. The highest BCUT2D eigenvalue weighted by atomic mass is 15.4. The minimum Gasteiger partial charge on any atom is -0.344 e. The minimum atomic E-state index is 0.193. The summed E-state index contributed by atoms with van der Waals surface area (Å²) < 4.78 is 0. The van der Waals surface area contributed by atoms with Crippen LogP contribution in [0.15, 0.2) is 109 Å². The monoisotopic (exact) mass is 460 g/mol. The molecule has 0 spiro atoms. The summed E-state index contributed by atoms with van der Waals surface area (Å²) in [6.07, 6.45) is 0. The van der Waals surface area contributed by atoms with Crippen molar-refractivity contribution >= 4 is 11.4 Å². The molecule has 1 saturated heterocycles. The number of nitrogens with zero attached hydrogens (tertiary/aromatic N) is 2. The van der Waals surface area contributed by atoms with Crippen LogP contribution in [0.2, 0.25) is 0 Å². The first-order valence-corrected chi connectivity index (χ1v) is 12.9. The van der Waals surface area contributed by atoms with E-state index in [-0.39, 0.29) is 12.1 Å². The molecular formula is C33H36N2. The van der Waals surface area contributed by atoms with E-state index in [1.165, 1.54) is 33.6 Å². The molecule has 0 unspecified atom stereocenters. The number of anilines is 2. The molecular weight excluding hydrogens is 424 g/mol. The molecule has 0 radical (unpaired) electrons. The van der Waals surface area contributed by atoms with Gasteiger partial charge in [-0.2, -0.15) is 0 Å². The van der Waals surface area contributed by atoms with E-state index < -0.39 is 0 Å². The Morgan fingerprint density at radius 2 is 0.829 bits per heavy atom. The molecule has 2 heteroatoms. The smallest absolute Gasteiger partial charge is 0.0917 e. The Bertz CT molecular complexity index is 1150. The van der Waals surface area contributed by atoms with E-state index in [1.807, 2.05) is 0 Å². The van der Waals surface area contributed by atoms with Crippen molar-refractivity contribution in [2.24, 2.45) is 0 Å². The van der Waals surface area contributed by atoms with Crippen LogP contribution in [0.3, 0.4) is 0 Å². The summed E-state index contributed by atoms with van der Waals surface area (Å²) in [5, 5.41) is 0. The largest absolute Gasteiger partial charge is 0.344 e. The van der Waals surface area contributed by atoms with Crippen LogP contribution in [0, 0.1) is 0 Å². The Kier molecular flexibility index (Phi) is 6.63. The van der Waals surface area contributed by atoms with E-state index in [1.54, 1.807) is 0 Å². The van der Waals surface area contributed by atoms with Crippen LogP contribution in [0.5, 0.6) is 0 Å². The SMILES string of the molecule is CC(C)c1ccccc1N1CN(c2ccccc2C(C)C)[C@@H](c2ccccc2)[C@@H]1c1ccccc1. The van der Waals surface area contributed by atoms with Gasteiger partial charge in [-0.05, 0) is 46.2 Å². The molecule has 0 bridgehead atoms. The molecule has 0 aromatic heterocycles. The van der Waals surface area contributed by atoms with Crippen LogP contribution in [-0.2, 0) is 0 Å². The van der Waals surface area contributed by atoms with Gasteiger partial charge in [0.15, 0.2) is 0 Å². The summed E-state index contributed by atoms with van der Waals surface area (Å²) in [4.78, 5) is 5.28. The van der Waals surface area contributed by atoms with Gasteiger partial charge < -0.3 is 9.80 Å². The Morgan fingerprint density at radius 3 is 1.20 bits per heavy atom. The summed E-state index contributed by atoms with van der Waals surface area (Å²) in [6.45, 7) is 10.0. The van der Waals surface area contributed by atoms with Crippen LogP contribution in [0.4, 0.5) is 11.4 Å². The average Bonchev–Trinajstić information content (AvgIpc) is 3.30. The van der Waals surface area contributed by atoms with Gasteiger partial charge in [0.05, 0.1) is 18.8 Å². The lowest BCUT2D eigenvalue weighted by Gasteiger charge is -2.32. The molecule has 0 N–H and O–H groups in total. The highest BCUT2D eigenvalue weighted by Crippen LogP contribution is 2.50. The Labute approximate surface area is 210 Å². The van der Waals surface area contributed by atoms with Crippen molar-refractivity contribution in [3.63, 3.8) is 0 Å². The van der Waals surface area contributed by atoms with Crippen molar-refractivity contribution in [2.45, 2.75) is 51.6 Å². The van der Waals surface area contributed by atoms with E-state index in [0.29, 0.717) is 11.8 Å². The van der Waals surface area contributed by atoms with Crippen LogP contribution >= 0.6 is 0 Å². The van der Waals surface area contributed by atoms with Crippen LogP contribution in [0.25, 0.3) is 0 Å². The fourth-order valence-corrected chi connectivity index (χ4v) is 5.63. The maximum absolute atomic E-state index is 2.64. The molecule has 0 saturated carbocycles.